The summed E-state index contributed by atoms with van der Waals surface area (Å²) in [4.78, 5) is 61.6. The minimum absolute atomic E-state index is 0.0616. The summed E-state index contributed by atoms with van der Waals surface area (Å²) in [6.45, 7) is 9.83. The number of carboxylic acid groups (broad SMARTS) is 1. The first-order valence-electron chi connectivity index (χ1n) is 15.0. The third-order valence-corrected chi connectivity index (χ3v) is 7.15. The number of rotatable bonds is 20. The molecular formula is C30H44N4O11. The monoisotopic (exact) mass is 636 g/mol. The second-order valence-electron chi connectivity index (χ2n) is 11.5. The molecule has 1 aromatic rings. The number of nitrogens with one attached hydrogen (secondary N) is 3. The van der Waals surface area contributed by atoms with Crippen LogP contribution in [-0.4, -0.2) is 124 Å². The van der Waals surface area contributed by atoms with Crippen molar-refractivity contribution < 1.29 is 52.8 Å². The lowest BCUT2D eigenvalue weighted by Gasteiger charge is -2.30. The van der Waals surface area contributed by atoms with Gasteiger partial charge in [0.2, 0.25) is 11.8 Å². The summed E-state index contributed by atoms with van der Waals surface area (Å²) in [5, 5.41) is 16.7. The normalized spacial score (nSPS) is 17.3. The molecule has 4 N–H and O–H groups in total. The average Bonchev–Trinajstić information content (AvgIpc) is 3.23. The quantitative estimate of drug-likeness (QED) is 0.119. The molecule has 0 radical (unpaired) electrons. The number of hydrogen-bond acceptors (Lipinski definition) is 11. The van der Waals surface area contributed by atoms with Gasteiger partial charge in [0.05, 0.1) is 83.2 Å². The summed E-state index contributed by atoms with van der Waals surface area (Å²) in [5.74, 6) is -2.19. The van der Waals surface area contributed by atoms with Gasteiger partial charge in [-0.15, -0.1) is 0 Å². The second kappa shape index (κ2) is 17.8. The smallest absolute Gasteiger partial charge is 0.404 e. The predicted molar refractivity (Wildman–Crippen MR) is 160 cm³/mol. The third kappa shape index (κ3) is 11.0. The molecule has 0 aliphatic carbocycles. The molecule has 1 saturated heterocycles. The molecule has 1 fully saturated rings. The Hall–Kier alpha value is -3.63. The minimum atomic E-state index is -1.08. The molecule has 0 bridgehead atoms. The lowest BCUT2D eigenvalue weighted by molar-refractivity contribution is -0.136. The maximum atomic E-state index is 13.1. The van der Waals surface area contributed by atoms with Crippen molar-refractivity contribution in [2.45, 2.75) is 45.7 Å². The van der Waals surface area contributed by atoms with Crippen LogP contribution in [0.4, 0.5) is 10.5 Å². The highest BCUT2D eigenvalue weighted by Gasteiger charge is 2.45. The van der Waals surface area contributed by atoms with E-state index in [2.05, 4.69) is 16.0 Å². The molecule has 2 atom stereocenters. The molecule has 2 aliphatic heterocycles. The SMILES string of the molecule is CC(C)(C)C(COCCOCCOCCOCCOCCNc1cccc2c1C(=O)N(C1CCC(=O)NC1=O)C2=O)NC(=O)O. The molecule has 0 spiro atoms. The van der Waals surface area contributed by atoms with E-state index >= 15 is 0 Å². The van der Waals surface area contributed by atoms with Crippen LogP contribution in [0, 0.1) is 5.41 Å². The van der Waals surface area contributed by atoms with Gasteiger partial charge in [0.15, 0.2) is 0 Å². The van der Waals surface area contributed by atoms with Gasteiger partial charge in [0.25, 0.3) is 11.8 Å². The number of amides is 5. The molecule has 15 nitrogen and oxygen atoms in total. The van der Waals surface area contributed by atoms with Crippen molar-refractivity contribution >= 4 is 35.4 Å². The highest BCUT2D eigenvalue weighted by molar-refractivity contribution is 6.25. The van der Waals surface area contributed by atoms with Crippen molar-refractivity contribution in [1.29, 1.82) is 0 Å². The van der Waals surface area contributed by atoms with Gasteiger partial charge in [-0.05, 0) is 24.0 Å². The summed E-state index contributed by atoms with van der Waals surface area (Å²) < 4.78 is 27.5. The first-order chi connectivity index (χ1) is 21.5. The number of carbonyl (C=O) groups excluding carboxylic acids is 4. The molecule has 2 unspecified atom stereocenters. The van der Waals surface area contributed by atoms with E-state index in [0.717, 1.165) is 4.90 Å². The molecule has 250 valence electrons. The number of piperidine rings is 1. The van der Waals surface area contributed by atoms with E-state index in [4.69, 9.17) is 28.8 Å². The summed E-state index contributed by atoms with van der Waals surface area (Å²) in [5.41, 5.74) is 0.620. The lowest BCUT2D eigenvalue weighted by atomic mass is 9.87. The number of imide groups is 2. The Bertz CT molecular complexity index is 1190. The fraction of sp³-hybridized carbons (Fsp3) is 0.633. The predicted octanol–water partition coefficient (Wildman–Crippen LogP) is 1.27. The molecule has 1 aromatic carbocycles. The highest BCUT2D eigenvalue weighted by Crippen LogP contribution is 2.32. The van der Waals surface area contributed by atoms with Crippen molar-refractivity contribution in [1.82, 2.24) is 15.5 Å². The number of hydrogen-bond donors (Lipinski definition) is 4. The standard InChI is InChI=1S/C30H44N4O11/c1-30(2,3)23(32-29(39)40)19-45-18-17-44-16-15-43-14-13-42-12-11-41-10-9-31-21-6-4-5-20-25(21)28(38)34(27(20)37)22-7-8-24(35)33-26(22)36/h4-6,22-23,31-32H,7-19H2,1-3H3,(H,39,40)(H,33,35,36). The van der Waals surface area contributed by atoms with E-state index < -0.39 is 35.8 Å². The van der Waals surface area contributed by atoms with E-state index in [0.29, 0.717) is 71.7 Å². The van der Waals surface area contributed by atoms with Crippen LogP contribution >= 0.6 is 0 Å². The maximum absolute atomic E-state index is 13.1. The number of anilines is 1. The van der Waals surface area contributed by atoms with E-state index in [1.165, 1.54) is 0 Å². The summed E-state index contributed by atoms with van der Waals surface area (Å²) in [6.07, 6.45) is -0.917. The van der Waals surface area contributed by atoms with Crippen molar-refractivity contribution in [3.8, 4) is 0 Å². The van der Waals surface area contributed by atoms with Gasteiger partial charge in [-0.1, -0.05) is 26.8 Å². The molecule has 2 aliphatic rings. The van der Waals surface area contributed by atoms with Gasteiger partial charge in [0, 0.05) is 18.7 Å². The van der Waals surface area contributed by atoms with Gasteiger partial charge in [0.1, 0.15) is 6.04 Å². The van der Waals surface area contributed by atoms with Crippen molar-refractivity contribution in [3.63, 3.8) is 0 Å². The minimum Gasteiger partial charge on any atom is -0.465 e. The zero-order valence-corrected chi connectivity index (χ0v) is 26.1. The molecule has 15 heteroatoms. The molecular weight excluding hydrogens is 592 g/mol. The zero-order valence-electron chi connectivity index (χ0n) is 26.1. The van der Waals surface area contributed by atoms with E-state index in [1.54, 1.807) is 18.2 Å². The van der Waals surface area contributed by atoms with Gasteiger partial charge in [-0.3, -0.25) is 29.4 Å². The van der Waals surface area contributed by atoms with E-state index in [1.807, 2.05) is 20.8 Å². The Morgan fingerprint density at radius 3 is 2.04 bits per heavy atom. The van der Waals surface area contributed by atoms with Crippen LogP contribution in [-0.2, 0) is 33.3 Å². The topological polar surface area (TPSA) is 191 Å². The van der Waals surface area contributed by atoms with Crippen LogP contribution in [0.25, 0.3) is 0 Å². The van der Waals surface area contributed by atoms with Crippen LogP contribution in [0.1, 0.15) is 54.3 Å². The Balaban J connectivity index is 1.19. The Labute approximate surface area is 262 Å². The van der Waals surface area contributed by atoms with Crippen LogP contribution in [0.3, 0.4) is 0 Å². The maximum Gasteiger partial charge on any atom is 0.404 e. The Kier molecular flexibility index (Phi) is 14.1. The first kappa shape index (κ1) is 35.8. The molecule has 3 rings (SSSR count). The molecule has 5 amide bonds. The Morgan fingerprint density at radius 2 is 1.49 bits per heavy atom. The van der Waals surface area contributed by atoms with Crippen LogP contribution < -0.4 is 16.0 Å². The van der Waals surface area contributed by atoms with Crippen molar-refractivity contribution in [2.24, 2.45) is 5.41 Å². The number of nitrogens with zero attached hydrogens (tertiary/aromatic N) is 1. The second-order valence-corrected chi connectivity index (χ2v) is 11.5. The summed E-state index contributed by atoms with van der Waals surface area (Å²) >= 11 is 0. The number of benzene rings is 1. The summed E-state index contributed by atoms with van der Waals surface area (Å²) in [6, 6.07) is 3.55. The lowest BCUT2D eigenvalue weighted by Crippen LogP contribution is -2.54. The third-order valence-electron chi connectivity index (χ3n) is 7.15. The summed E-state index contributed by atoms with van der Waals surface area (Å²) in [7, 11) is 0. The average molecular weight is 637 g/mol. The molecule has 0 aromatic heterocycles. The highest BCUT2D eigenvalue weighted by atomic mass is 16.6. The van der Waals surface area contributed by atoms with Crippen LogP contribution in [0.5, 0.6) is 0 Å². The molecule has 0 saturated carbocycles. The number of fused-ring (bicyclic) bond motifs is 1. The zero-order chi connectivity index (χ0) is 32.8. The fourth-order valence-corrected chi connectivity index (χ4v) is 4.66. The van der Waals surface area contributed by atoms with Crippen molar-refractivity contribution in [3.05, 3.63) is 29.3 Å². The number of ether oxygens (including phenoxy) is 5. The van der Waals surface area contributed by atoms with Gasteiger partial charge in [-0.2, -0.15) is 0 Å². The molecule has 2 heterocycles. The van der Waals surface area contributed by atoms with Crippen molar-refractivity contribution in [2.75, 3.05) is 77.9 Å². The fourth-order valence-electron chi connectivity index (χ4n) is 4.66. The molecule has 45 heavy (non-hydrogen) atoms. The van der Waals surface area contributed by atoms with E-state index in [-0.39, 0.29) is 42.0 Å². The number of carbonyl (C=O) groups is 5. The van der Waals surface area contributed by atoms with E-state index in [9.17, 15) is 24.0 Å². The van der Waals surface area contributed by atoms with Gasteiger partial charge in [-0.25, -0.2) is 4.79 Å². The van der Waals surface area contributed by atoms with Gasteiger partial charge < -0.3 is 39.4 Å². The van der Waals surface area contributed by atoms with Gasteiger partial charge >= 0.3 is 6.09 Å². The van der Waals surface area contributed by atoms with Crippen LogP contribution in [0.15, 0.2) is 18.2 Å². The first-order valence-corrected chi connectivity index (χ1v) is 15.0. The van der Waals surface area contributed by atoms with Crippen LogP contribution in [0.2, 0.25) is 0 Å². The largest absolute Gasteiger partial charge is 0.465 e. The Morgan fingerprint density at radius 1 is 0.911 bits per heavy atom.